The zero-order chi connectivity index (χ0) is 19.9. The molecule has 0 fully saturated rings. The molecule has 2 atom stereocenters. The maximum Gasteiger partial charge on any atom is 0.307 e. The molecule has 1 aliphatic rings. The molecule has 0 radical (unpaired) electrons. The highest BCUT2D eigenvalue weighted by atomic mass is 16.5. The fraction of sp³-hybridized carbons (Fsp3) is 0.409. The van der Waals surface area contributed by atoms with E-state index in [1.54, 1.807) is 18.3 Å². The molecule has 1 aromatic heterocycles. The maximum absolute atomic E-state index is 11.5. The van der Waals surface area contributed by atoms with Crippen LogP contribution in [0.2, 0.25) is 0 Å². The third kappa shape index (κ3) is 4.61. The second-order valence-corrected chi connectivity index (χ2v) is 7.03. The highest BCUT2D eigenvalue weighted by molar-refractivity contribution is 5.71. The number of hydrogen-bond acceptors (Lipinski definition) is 5. The topological polar surface area (TPSA) is 95.2 Å². The lowest BCUT2D eigenvalue weighted by molar-refractivity contribution is -0.142. The molecule has 0 spiro atoms. The lowest BCUT2D eigenvalue weighted by atomic mass is 9.85. The summed E-state index contributed by atoms with van der Waals surface area (Å²) in [6.07, 6.45) is 4.82. The van der Waals surface area contributed by atoms with Gasteiger partial charge in [-0.05, 0) is 67.0 Å². The third-order valence-electron chi connectivity index (χ3n) is 5.27. The van der Waals surface area contributed by atoms with Crippen molar-refractivity contribution >= 4 is 11.8 Å². The number of carboxylic acid groups (broad SMARTS) is 1. The first-order valence-corrected chi connectivity index (χ1v) is 9.70. The average molecular weight is 379 g/mol. The van der Waals surface area contributed by atoms with Crippen LogP contribution in [0.5, 0.6) is 5.75 Å². The monoisotopic (exact) mass is 379 g/mol. The van der Waals surface area contributed by atoms with Crippen molar-refractivity contribution in [3.8, 4) is 11.8 Å². The van der Waals surface area contributed by atoms with E-state index >= 15 is 0 Å². The van der Waals surface area contributed by atoms with Crippen LogP contribution < -0.4 is 10.1 Å². The molecular formula is C22H25N3O3. The van der Waals surface area contributed by atoms with E-state index in [-0.39, 0.29) is 11.8 Å². The van der Waals surface area contributed by atoms with Crippen LogP contribution in [0.1, 0.15) is 48.8 Å². The van der Waals surface area contributed by atoms with Gasteiger partial charge in [-0.25, -0.2) is 4.98 Å². The number of aromatic nitrogens is 1. The number of aliphatic carboxylic acids is 1. The summed E-state index contributed by atoms with van der Waals surface area (Å²) in [6, 6.07) is 11.6. The maximum atomic E-state index is 11.5. The minimum absolute atomic E-state index is 0.107. The number of pyridine rings is 1. The van der Waals surface area contributed by atoms with E-state index in [0.29, 0.717) is 18.6 Å². The van der Waals surface area contributed by atoms with E-state index in [4.69, 9.17) is 10.00 Å². The zero-order valence-electron chi connectivity index (χ0n) is 16.0. The van der Waals surface area contributed by atoms with Crippen LogP contribution in [0.15, 0.2) is 36.5 Å². The number of carboxylic acids is 1. The number of rotatable bonds is 9. The summed E-state index contributed by atoms with van der Waals surface area (Å²) in [5, 5.41) is 21.4. The van der Waals surface area contributed by atoms with Crippen LogP contribution in [-0.4, -0.2) is 29.2 Å². The second kappa shape index (κ2) is 9.23. The number of nitriles is 1. The van der Waals surface area contributed by atoms with Crippen molar-refractivity contribution in [1.82, 2.24) is 4.98 Å². The van der Waals surface area contributed by atoms with Crippen molar-refractivity contribution in [3.05, 3.63) is 53.2 Å². The van der Waals surface area contributed by atoms with Crippen LogP contribution in [0.3, 0.4) is 0 Å². The third-order valence-corrected chi connectivity index (χ3v) is 5.27. The number of aryl methyl sites for hydroxylation is 1. The molecule has 1 aromatic carbocycles. The standard InChI is InChI=1S/C22H25N3O3/c1-2-18(22(26)27)20-7-5-16-12-17(6-8-19(16)20)28-11-3-10-24-21-9-4-15(13-23)14-25-21/h4,6,8-9,12,14,18,20H,2-3,5,7,10-11H2,1H3,(H,24,25)(H,26,27)/t18?,20-/m0/s1. The van der Waals surface area contributed by atoms with Gasteiger partial charge in [0.25, 0.3) is 0 Å². The number of anilines is 1. The van der Waals surface area contributed by atoms with Gasteiger partial charge in [-0.3, -0.25) is 4.79 Å². The van der Waals surface area contributed by atoms with Gasteiger partial charge in [0.05, 0.1) is 18.1 Å². The quantitative estimate of drug-likeness (QED) is 0.640. The van der Waals surface area contributed by atoms with Gasteiger partial charge in [0.1, 0.15) is 17.6 Å². The summed E-state index contributed by atoms with van der Waals surface area (Å²) in [7, 11) is 0. The van der Waals surface area contributed by atoms with Crippen molar-refractivity contribution in [3.63, 3.8) is 0 Å². The van der Waals surface area contributed by atoms with Crippen LogP contribution in [0, 0.1) is 17.2 Å². The van der Waals surface area contributed by atoms with Gasteiger partial charge in [0, 0.05) is 12.7 Å². The highest BCUT2D eigenvalue weighted by Crippen LogP contribution is 2.41. The van der Waals surface area contributed by atoms with Crippen molar-refractivity contribution < 1.29 is 14.6 Å². The van der Waals surface area contributed by atoms with Gasteiger partial charge in [0.2, 0.25) is 0 Å². The Morgan fingerprint density at radius 2 is 2.29 bits per heavy atom. The molecular weight excluding hydrogens is 354 g/mol. The fourth-order valence-electron chi connectivity index (χ4n) is 3.81. The molecule has 3 rings (SSSR count). The summed E-state index contributed by atoms with van der Waals surface area (Å²) in [5.74, 6) is 0.668. The Morgan fingerprint density at radius 1 is 1.43 bits per heavy atom. The minimum Gasteiger partial charge on any atom is -0.494 e. The normalized spacial score (nSPS) is 16.1. The van der Waals surface area contributed by atoms with Crippen LogP contribution in [-0.2, 0) is 11.2 Å². The van der Waals surface area contributed by atoms with Crippen molar-refractivity contribution in [2.45, 2.75) is 38.5 Å². The molecule has 0 bridgehead atoms. The Bertz CT molecular complexity index is 858. The predicted octanol–water partition coefficient (Wildman–Crippen LogP) is 3.97. The summed E-state index contributed by atoms with van der Waals surface area (Å²) < 4.78 is 5.86. The van der Waals surface area contributed by atoms with Gasteiger partial charge in [-0.15, -0.1) is 0 Å². The van der Waals surface area contributed by atoms with E-state index < -0.39 is 5.97 Å². The molecule has 28 heavy (non-hydrogen) atoms. The van der Waals surface area contributed by atoms with Crippen molar-refractivity contribution in [2.24, 2.45) is 5.92 Å². The van der Waals surface area contributed by atoms with Crippen LogP contribution >= 0.6 is 0 Å². The molecule has 6 nitrogen and oxygen atoms in total. The molecule has 6 heteroatoms. The predicted molar refractivity (Wildman–Crippen MR) is 106 cm³/mol. The summed E-state index contributed by atoms with van der Waals surface area (Å²) in [4.78, 5) is 15.7. The highest BCUT2D eigenvalue weighted by Gasteiger charge is 2.33. The SMILES string of the molecule is CCC(C(=O)O)[C@@H]1CCc2cc(OCCCNc3ccc(C#N)cn3)ccc21. The number of fused-ring (bicyclic) bond motifs is 1. The number of benzene rings is 1. The molecule has 2 aromatic rings. The molecule has 1 unspecified atom stereocenters. The summed E-state index contributed by atoms with van der Waals surface area (Å²) in [5.41, 5.74) is 2.92. The Balaban J connectivity index is 1.47. The van der Waals surface area contributed by atoms with Gasteiger partial charge in [-0.1, -0.05) is 13.0 Å². The second-order valence-electron chi connectivity index (χ2n) is 7.03. The molecule has 0 saturated carbocycles. The van der Waals surface area contributed by atoms with Gasteiger partial charge < -0.3 is 15.2 Å². The van der Waals surface area contributed by atoms with E-state index in [0.717, 1.165) is 42.9 Å². The summed E-state index contributed by atoms with van der Waals surface area (Å²) in [6.45, 7) is 3.25. The smallest absolute Gasteiger partial charge is 0.307 e. The van der Waals surface area contributed by atoms with Crippen LogP contribution in [0.4, 0.5) is 5.82 Å². The Hall–Kier alpha value is -3.07. The lowest BCUT2D eigenvalue weighted by Gasteiger charge is -2.19. The van der Waals surface area contributed by atoms with Gasteiger partial charge in [-0.2, -0.15) is 5.26 Å². The number of hydrogen-bond donors (Lipinski definition) is 2. The van der Waals surface area contributed by atoms with Crippen molar-refractivity contribution in [1.29, 1.82) is 5.26 Å². The number of ether oxygens (including phenoxy) is 1. The average Bonchev–Trinajstić information content (AvgIpc) is 3.11. The van der Waals surface area contributed by atoms with Crippen LogP contribution in [0.25, 0.3) is 0 Å². The number of nitrogens with one attached hydrogen (secondary N) is 1. The Morgan fingerprint density at radius 3 is 2.96 bits per heavy atom. The van der Waals surface area contributed by atoms with Gasteiger partial charge >= 0.3 is 5.97 Å². The lowest BCUT2D eigenvalue weighted by Crippen LogP contribution is -2.19. The zero-order valence-corrected chi connectivity index (χ0v) is 16.0. The Kier molecular flexibility index (Phi) is 6.49. The molecule has 146 valence electrons. The first kappa shape index (κ1) is 19.7. The summed E-state index contributed by atoms with van der Waals surface area (Å²) >= 11 is 0. The molecule has 2 N–H and O–H groups in total. The van der Waals surface area contributed by atoms with Gasteiger partial charge in [0.15, 0.2) is 0 Å². The molecule has 0 saturated heterocycles. The van der Waals surface area contributed by atoms with E-state index in [2.05, 4.69) is 16.4 Å². The Labute approximate surface area is 165 Å². The van der Waals surface area contributed by atoms with E-state index in [1.807, 2.05) is 25.1 Å². The molecule has 1 aliphatic carbocycles. The molecule has 1 heterocycles. The first-order chi connectivity index (χ1) is 13.6. The first-order valence-electron chi connectivity index (χ1n) is 9.70. The fourth-order valence-corrected chi connectivity index (χ4v) is 3.81. The minimum atomic E-state index is -0.704. The number of nitrogens with zero attached hydrogens (tertiary/aromatic N) is 2. The molecule has 0 amide bonds. The van der Waals surface area contributed by atoms with E-state index in [9.17, 15) is 9.90 Å². The number of carbonyl (C=O) groups is 1. The molecule has 0 aliphatic heterocycles. The van der Waals surface area contributed by atoms with E-state index in [1.165, 1.54) is 5.56 Å². The van der Waals surface area contributed by atoms with Crippen molar-refractivity contribution in [2.75, 3.05) is 18.5 Å². The largest absolute Gasteiger partial charge is 0.494 e.